The summed E-state index contributed by atoms with van der Waals surface area (Å²) in [6.07, 6.45) is 7.59. The first kappa shape index (κ1) is 26.5. The number of pyridine rings is 1. The number of carbonyl (C=O) groups excluding carboxylic acids is 1. The molecule has 4 rings (SSSR count). The number of piperazine rings is 1. The Morgan fingerprint density at radius 3 is 2.81 bits per heavy atom. The Labute approximate surface area is 216 Å². The molecule has 1 N–H and O–H groups in total. The zero-order valence-electron chi connectivity index (χ0n) is 22.1. The number of rotatable bonds is 10. The average Bonchev–Trinajstić information content (AvgIpc) is 3.37. The fraction of sp³-hybridized carbons (Fsp3) is 0.500. The van der Waals surface area contributed by atoms with E-state index in [4.69, 9.17) is 4.74 Å². The minimum atomic E-state index is -0.305. The molecule has 1 atom stereocenters. The molecule has 1 saturated heterocycles. The molecular weight excluding hydrogens is 472 g/mol. The van der Waals surface area contributed by atoms with Gasteiger partial charge in [0.15, 0.2) is 0 Å². The number of anilines is 2. The van der Waals surface area contributed by atoms with Gasteiger partial charge in [-0.25, -0.2) is 4.98 Å². The van der Waals surface area contributed by atoms with E-state index in [2.05, 4.69) is 38.8 Å². The Kier molecular flexibility index (Phi) is 8.03. The van der Waals surface area contributed by atoms with E-state index in [1.165, 1.54) is 6.08 Å². The lowest BCUT2D eigenvalue weighted by Crippen LogP contribution is -2.55. The van der Waals surface area contributed by atoms with E-state index in [0.29, 0.717) is 44.4 Å². The predicted octanol–water partition coefficient (Wildman–Crippen LogP) is 2.22. The summed E-state index contributed by atoms with van der Waals surface area (Å²) in [6, 6.07) is 3.53. The zero-order chi connectivity index (χ0) is 26.6. The fourth-order valence-electron chi connectivity index (χ4n) is 4.75. The fourth-order valence-corrected chi connectivity index (χ4v) is 4.75. The van der Waals surface area contributed by atoms with Gasteiger partial charge in [-0.05, 0) is 32.4 Å². The normalized spacial score (nSPS) is 16.8. The average molecular weight is 509 g/mol. The first-order valence-electron chi connectivity index (χ1n) is 12.6. The summed E-state index contributed by atoms with van der Waals surface area (Å²) in [4.78, 5) is 38.2. The second kappa shape index (κ2) is 11.2. The molecule has 1 aliphatic rings. The van der Waals surface area contributed by atoms with Gasteiger partial charge in [0.05, 0.1) is 24.0 Å². The van der Waals surface area contributed by atoms with Crippen LogP contribution in [0.2, 0.25) is 0 Å². The van der Waals surface area contributed by atoms with Crippen LogP contribution in [-0.2, 0) is 21.6 Å². The van der Waals surface area contributed by atoms with Crippen LogP contribution in [0.3, 0.4) is 0 Å². The number of ether oxygens (including phenoxy) is 1. The second-order valence-electron chi connectivity index (χ2n) is 9.93. The van der Waals surface area contributed by atoms with Crippen molar-refractivity contribution in [2.75, 3.05) is 45.2 Å². The summed E-state index contributed by atoms with van der Waals surface area (Å²) in [5.41, 5.74) is 0.900. The van der Waals surface area contributed by atoms with Crippen molar-refractivity contribution in [1.29, 1.82) is 0 Å². The Morgan fingerprint density at radius 2 is 2.08 bits per heavy atom. The number of nitrogens with one attached hydrogen (secondary N) is 1. The summed E-state index contributed by atoms with van der Waals surface area (Å²) in [5, 5.41) is 8.43. The highest BCUT2D eigenvalue weighted by Crippen LogP contribution is 2.20. The summed E-state index contributed by atoms with van der Waals surface area (Å²) >= 11 is 0. The maximum atomic E-state index is 12.9. The monoisotopic (exact) mass is 508 g/mol. The third-order valence-electron chi connectivity index (χ3n) is 6.85. The van der Waals surface area contributed by atoms with Crippen molar-refractivity contribution >= 4 is 28.6 Å². The zero-order valence-corrected chi connectivity index (χ0v) is 22.1. The van der Waals surface area contributed by atoms with E-state index in [-0.39, 0.29) is 23.0 Å². The molecule has 198 valence electrons. The van der Waals surface area contributed by atoms with Gasteiger partial charge in [-0.3, -0.25) is 23.7 Å². The molecule has 0 saturated carbocycles. The van der Waals surface area contributed by atoms with Crippen molar-refractivity contribution in [3.8, 4) is 0 Å². The van der Waals surface area contributed by atoms with E-state index in [1.54, 1.807) is 36.2 Å². The van der Waals surface area contributed by atoms with E-state index < -0.39 is 0 Å². The Bertz CT molecular complexity index is 1310. The number of methoxy groups -OCH3 is 1. The van der Waals surface area contributed by atoms with Gasteiger partial charge in [-0.2, -0.15) is 10.1 Å². The Hall–Kier alpha value is -3.57. The molecule has 0 unspecified atom stereocenters. The molecule has 0 aliphatic carbocycles. The highest BCUT2D eigenvalue weighted by atomic mass is 16.5. The number of hydrogen-bond donors (Lipinski definition) is 1. The highest BCUT2D eigenvalue weighted by Gasteiger charge is 2.27. The topological polar surface area (TPSA) is 110 Å². The van der Waals surface area contributed by atoms with Crippen LogP contribution in [0.4, 0.5) is 11.6 Å². The van der Waals surface area contributed by atoms with Crippen molar-refractivity contribution in [1.82, 2.24) is 34.1 Å². The molecule has 1 aliphatic heterocycles. The molecule has 4 heterocycles. The third-order valence-corrected chi connectivity index (χ3v) is 6.85. The summed E-state index contributed by atoms with van der Waals surface area (Å²) in [6.45, 7) is 13.6. The molecule has 3 aromatic rings. The molecule has 1 amide bonds. The third kappa shape index (κ3) is 5.89. The smallest absolute Gasteiger partial charge is 0.252 e. The molecule has 0 spiro atoms. The minimum Gasteiger partial charge on any atom is -0.382 e. The lowest BCUT2D eigenvalue weighted by Gasteiger charge is -2.41. The number of nitrogens with zero attached hydrogens (tertiary/aromatic N) is 7. The van der Waals surface area contributed by atoms with Crippen LogP contribution in [-0.4, -0.2) is 86.0 Å². The van der Waals surface area contributed by atoms with Gasteiger partial charge in [-0.1, -0.05) is 13.5 Å². The van der Waals surface area contributed by atoms with Gasteiger partial charge in [-0.15, -0.1) is 0 Å². The van der Waals surface area contributed by atoms with Crippen LogP contribution in [0.1, 0.15) is 27.2 Å². The number of carbonyl (C=O) groups is 1. The lowest BCUT2D eigenvalue weighted by atomic mass is 10.1. The minimum absolute atomic E-state index is 0.0343. The van der Waals surface area contributed by atoms with E-state index in [1.807, 2.05) is 29.6 Å². The first-order chi connectivity index (χ1) is 17.7. The summed E-state index contributed by atoms with van der Waals surface area (Å²) in [7, 11) is 1.67. The second-order valence-corrected chi connectivity index (χ2v) is 9.93. The molecule has 0 bridgehead atoms. The lowest BCUT2D eigenvalue weighted by molar-refractivity contribution is -0.129. The first-order valence-corrected chi connectivity index (χ1v) is 12.6. The maximum Gasteiger partial charge on any atom is 0.252 e. The van der Waals surface area contributed by atoms with Crippen LogP contribution in [0, 0.1) is 0 Å². The van der Waals surface area contributed by atoms with Gasteiger partial charge in [0.2, 0.25) is 11.9 Å². The van der Waals surface area contributed by atoms with E-state index >= 15 is 0 Å². The van der Waals surface area contributed by atoms with Gasteiger partial charge in [0, 0.05) is 69.7 Å². The number of hydrogen-bond acceptors (Lipinski definition) is 8. The van der Waals surface area contributed by atoms with Crippen molar-refractivity contribution in [2.45, 2.75) is 45.3 Å². The van der Waals surface area contributed by atoms with E-state index in [0.717, 1.165) is 24.0 Å². The van der Waals surface area contributed by atoms with Gasteiger partial charge < -0.3 is 15.0 Å². The van der Waals surface area contributed by atoms with Crippen molar-refractivity contribution in [3.05, 3.63) is 53.7 Å². The van der Waals surface area contributed by atoms with Gasteiger partial charge >= 0.3 is 0 Å². The van der Waals surface area contributed by atoms with Crippen molar-refractivity contribution in [2.24, 2.45) is 0 Å². The van der Waals surface area contributed by atoms with Crippen LogP contribution in [0.5, 0.6) is 0 Å². The SMILES string of the molecule is C=CC(=O)N1CCN(CCn2c(=O)ccc3cnc(Nc4cnn(C(C)(C)COC)c4)nc32)[C@@H](CC)C1. The van der Waals surface area contributed by atoms with Crippen molar-refractivity contribution < 1.29 is 9.53 Å². The molecule has 0 radical (unpaired) electrons. The summed E-state index contributed by atoms with van der Waals surface area (Å²) < 4.78 is 8.83. The van der Waals surface area contributed by atoms with Crippen LogP contribution >= 0.6 is 0 Å². The summed E-state index contributed by atoms with van der Waals surface area (Å²) in [5.74, 6) is 0.354. The number of fused-ring (bicyclic) bond motifs is 1. The molecule has 0 aromatic carbocycles. The van der Waals surface area contributed by atoms with Crippen molar-refractivity contribution in [3.63, 3.8) is 0 Å². The molecule has 11 heteroatoms. The number of aromatic nitrogens is 5. The highest BCUT2D eigenvalue weighted by molar-refractivity contribution is 5.87. The van der Waals surface area contributed by atoms with E-state index in [9.17, 15) is 9.59 Å². The molecule has 11 nitrogen and oxygen atoms in total. The van der Waals surface area contributed by atoms with Crippen LogP contribution in [0.25, 0.3) is 11.0 Å². The number of amides is 1. The molecule has 37 heavy (non-hydrogen) atoms. The Morgan fingerprint density at radius 1 is 1.27 bits per heavy atom. The van der Waals surface area contributed by atoms with Crippen LogP contribution in [0.15, 0.2) is 48.2 Å². The van der Waals surface area contributed by atoms with Gasteiger partial charge in [0.1, 0.15) is 5.65 Å². The maximum absolute atomic E-state index is 12.9. The predicted molar refractivity (Wildman–Crippen MR) is 143 cm³/mol. The van der Waals surface area contributed by atoms with Crippen LogP contribution < -0.4 is 10.9 Å². The standard InChI is InChI=1S/C26H36N8O3/c1-6-21-17-32(22(35)7-2)11-10-31(21)12-13-33-23(36)9-8-19-14-27-25(30-24(19)33)29-20-15-28-34(16-20)26(3,4)18-37-5/h7-9,14-16,21H,2,6,10-13,17-18H2,1,3-5H3,(H,27,29,30)/t21-/m0/s1. The van der Waals surface area contributed by atoms with Gasteiger partial charge in [0.25, 0.3) is 5.56 Å². The molecule has 3 aromatic heterocycles. The largest absolute Gasteiger partial charge is 0.382 e. The molecular formula is C26H36N8O3. The quantitative estimate of drug-likeness (QED) is 0.415. The molecule has 1 fully saturated rings. The Balaban J connectivity index is 1.52.